The molecule has 2 N–H and O–H groups in total. The summed E-state index contributed by atoms with van der Waals surface area (Å²) in [6.07, 6.45) is 15.4. The van der Waals surface area contributed by atoms with Crippen LogP contribution in [0.2, 0.25) is 0 Å². The highest BCUT2D eigenvalue weighted by atomic mass is 16.4. The Morgan fingerprint density at radius 3 is 1.70 bits per heavy atom. The molecule has 120 valence electrons. The zero-order valence-corrected chi connectivity index (χ0v) is 13.5. The average molecular weight is 285 g/mol. The summed E-state index contributed by atoms with van der Waals surface area (Å²) in [5.74, 6) is -0.661. The standard InChI is InChI=1S/C17H35NO2/c1-2-3-4-9-12-15-18-16-13-10-7-5-6-8-11-14-17(19)20/h18H,2-16H2,1H3,(H,19,20). The maximum Gasteiger partial charge on any atom is 0.303 e. The van der Waals surface area contributed by atoms with Gasteiger partial charge in [0.2, 0.25) is 0 Å². The smallest absolute Gasteiger partial charge is 0.303 e. The van der Waals surface area contributed by atoms with Gasteiger partial charge >= 0.3 is 5.97 Å². The van der Waals surface area contributed by atoms with Crippen LogP contribution in [-0.2, 0) is 4.79 Å². The molecule has 0 heterocycles. The van der Waals surface area contributed by atoms with Crippen LogP contribution in [0.15, 0.2) is 0 Å². The van der Waals surface area contributed by atoms with Crippen molar-refractivity contribution in [3.8, 4) is 0 Å². The second-order valence-corrected chi connectivity index (χ2v) is 5.78. The summed E-state index contributed by atoms with van der Waals surface area (Å²) in [4.78, 5) is 10.3. The van der Waals surface area contributed by atoms with Crippen molar-refractivity contribution in [3.63, 3.8) is 0 Å². The van der Waals surface area contributed by atoms with Gasteiger partial charge in [0.05, 0.1) is 0 Å². The van der Waals surface area contributed by atoms with Gasteiger partial charge in [-0.25, -0.2) is 0 Å². The Morgan fingerprint density at radius 2 is 1.20 bits per heavy atom. The predicted molar refractivity (Wildman–Crippen MR) is 86.2 cm³/mol. The van der Waals surface area contributed by atoms with Crippen LogP contribution in [0.25, 0.3) is 0 Å². The second-order valence-electron chi connectivity index (χ2n) is 5.78. The molecule has 0 saturated carbocycles. The summed E-state index contributed by atoms with van der Waals surface area (Å²) in [7, 11) is 0. The van der Waals surface area contributed by atoms with E-state index in [-0.39, 0.29) is 0 Å². The first-order chi connectivity index (χ1) is 9.77. The quantitative estimate of drug-likeness (QED) is 0.402. The Hall–Kier alpha value is -0.570. The van der Waals surface area contributed by atoms with Crippen molar-refractivity contribution in [3.05, 3.63) is 0 Å². The summed E-state index contributed by atoms with van der Waals surface area (Å²) >= 11 is 0. The van der Waals surface area contributed by atoms with E-state index in [9.17, 15) is 4.79 Å². The summed E-state index contributed by atoms with van der Waals surface area (Å²) in [5, 5.41) is 12.0. The second kappa shape index (κ2) is 16.5. The third kappa shape index (κ3) is 17.4. The van der Waals surface area contributed by atoms with Gasteiger partial charge in [-0.05, 0) is 32.4 Å². The number of carboxylic acids is 1. The van der Waals surface area contributed by atoms with E-state index in [2.05, 4.69) is 12.2 Å². The molecule has 0 aromatic heterocycles. The van der Waals surface area contributed by atoms with Crippen LogP contribution < -0.4 is 5.32 Å². The normalized spacial score (nSPS) is 10.8. The molecule has 3 heteroatoms. The Labute approximate surface area is 125 Å². The van der Waals surface area contributed by atoms with Crippen molar-refractivity contribution < 1.29 is 9.90 Å². The van der Waals surface area contributed by atoms with E-state index in [4.69, 9.17) is 5.11 Å². The number of hydrogen-bond donors (Lipinski definition) is 2. The number of hydrogen-bond acceptors (Lipinski definition) is 2. The number of unbranched alkanes of at least 4 members (excludes halogenated alkanes) is 10. The van der Waals surface area contributed by atoms with E-state index in [0.29, 0.717) is 6.42 Å². The SMILES string of the molecule is CCCCCCCNCCCCCCCCCC(=O)O. The van der Waals surface area contributed by atoms with Crippen molar-refractivity contribution in [2.75, 3.05) is 13.1 Å². The van der Waals surface area contributed by atoms with Gasteiger partial charge in [-0.1, -0.05) is 64.7 Å². The molecule has 0 aliphatic heterocycles. The van der Waals surface area contributed by atoms with Gasteiger partial charge in [-0.15, -0.1) is 0 Å². The number of aliphatic carboxylic acids is 1. The Kier molecular flexibility index (Phi) is 16.0. The van der Waals surface area contributed by atoms with Crippen molar-refractivity contribution in [2.45, 2.75) is 90.4 Å². The maximum atomic E-state index is 10.3. The molecule has 0 aromatic rings. The van der Waals surface area contributed by atoms with Gasteiger partial charge in [0.15, 0.2) is 0 Å². The summed E-state index contributed by atoms with van der Waals surface area (Å²) < 4.78 is 0. The summed E-state index contributed by atoms with van der Waals surface area (Å²) in [6.45, 7) is 4.59. The van der Waals surface area contributed by atoms with E-state index in [1.54, 1.807) is 0 Å². The van der Waals surface area contributed by atoms with Crippen LogP contribution in [0.4, 0.5) is 0 Å². The highest BCUT2D eigenvalue weighted by molar-refractivity contribution is 5.66. The van der Waals surface area contributed by atoms with Gasteiger partial charge in [-0.2, -0.15) is 0 Å². The molecular weight excluding hydrogens is 250 g/mol. The first-order valence-corrected chi connectivity index (χ1v) is 8.70. The molecule has 0 radical (unpaired) electrons. The number of carboxylic acid groups (broad SMARTS) is 1. The van der Waals surface area contributed by atoms with Crippen LogP contribution in [-0.4, -0.2) is 24.2 Å². The Morgan fingerprint density at radius 1 is 0.750 bits per heavy atom. The zero-order chi connectivity index (χ0) is 14.9. The van der Waals surface area contributed by atoms with Gasteiger partial charge in [-0.3, -0.25) is 4.79 Å². The average Bonchev–Trinajstić information content (AvgIpc) is 2.43. The van der Waals surface area contributed by atoms with Gasteiger partial charge < -0.3 is 10.4 Å². The molecule has 20 heavy (non-hydrogen) atoms. The predicted octanol–water partition coefficient (Wildman–Crippen LogP) is 4.75. The van der Waals surface area contributed by atoms with Crippen molar-refractivity contribution >= 4 is 5.97 Å². The van der Waals surface area contributed by atoms with E-state index < -0.39 is 5.97 Å². The highest BCUT2D eigenvalue weighted by Crippen LogP contribution is 2.08. The van der Waals surface area contributed by atoms with E-state index >= 15 is 0 Å². The first kappa shape index (κ1) is 19.4. The van der Waals surface area contributed by atoms with Crippen molar-refractivity contribution in [2.24, 2.45) is 0 Å². The number of nitrogens with one attached hydrogen (secondary N) is 1. The molecular formula is C17H35NO2. The Balaban J connectivity index is 2.94. The monoisotopic (exact) mass is 285 g/mol. The maximum absolute atomic E-state index is 10.3. The lowest BCUT2D eigenvalue weighted by Crippen LogP contribution is -2.16. The fourth-order valence-electron chi connectivity index (χ4n) is 2.39. The molecule has 0 unspecified atom stereocenters. The minimum atomic E-state index is -0.661. The third-order valence-electron chi connectivity index (χ3n) is 3.70. The molecule has 0 bridgehead atoms. The fraction of sp³-hybridized carbons (Fsp3) is 0.941. The molecule has 3 nitrogen and oxygen atoms in total. The van der Waals surface area contributed by atoms with Gasteiger partial charge in [0.1, 0.15) is 0 Å². The highest BCUT2D eigenvalue weighted by Gasteiger charge is 1.96. The van der Waals surface area contributed by atoms with Crippen LogP contribution >= 0.6 is 0 Å². The number of rotatable bonds is 16. The Bertz CT molecular complexity index is 207. The lowest BCUT2D eigenvalue weighted by Gasteiger charge is -2.05. The molecule has 0 aromatic carbocycles. The number of carbonyl (C=O) groups is 1. The molecule has 0 aliphatic carbocycles. The lowest BCUT2D eigenvalue weighted by atomic mass is 10.1. The lowest BCUT2D eigenvalue weighted by molar-refractivity contribution is -0.137. The minimum Gasteiger partial charge on any atom is -0.481 e. The fourth-order valence-corrected chi connectivity index (χ4v) is 2.39. The molecule has 0 aliphatic rings. The molecule has 0 fully saturated rings. The largest absolute Gasteiger partial charge is 0.481 e. The molecule has 0 atom stereocenters. The van der Waals surface area contributed by atoms with Gasteiger partial charge in [0, 0.05) is 6.42 Å². The minimum absolute atomic E-state index is 0.335. The van der Waals surface area contributed by atoms with E-state index in [1.165, 1.54) is 70.8 Å². The summed E-state index contributed by atoms with van der Waals surface area (Å²) in [6, 6.07) is 0. The summed E-state index contributed by atoms with van der Waals surface area (Å²) in [5.41, 5.74) is 0. The molecule has 0 rings (SSSR count). The van der Waals surface area contributed by atoms with Gasteiger partial charge in [0.25, 0.3) is 0 Å². The van der Waals surface area contributed by atoms with Crippen LogP contribution in [0.1, 0.15) is 90.4 Å². The molecule has 0 spiro atoms. The van der Waals surface area contributed by atoms with E-state index in [1.807, 2.05) is 0 Å². The topological polar surface area (TPSA) is 49.3 Å². The van der Waals surface area contributed by atoms with Crippen LogP contribution in [0, 0.1) is 0 Å². The van der Waals surface area contributed by atoms with E-state index in [0.717, 1.165) is 19.4 Å². The van der Waals surface area contributed by atoms with Crippen LogP contribution in [0.3, 0.4) is 0 Å². The molecule has 0 amide bonds. The molecule has 0 saturated heterocycles. The van der Waals surface area contributed by atoms with Crippen molar-refractivity contribution in [1.29, 1.82) is 0 Å². The van der Waals surface area contributed by atoms with Crippen LogP contribution in [0.5, 0.6) is 0 Å². The third-order valence-corrected chi connectivity index (χ3v) is 3.70. The van der Waals surface area contributed by atoms with Crippen molar-refractivity contribution in [1.82, 2.24) is 5.32 Å². The first-order valence-electron chi connectivity index (χ1n) is 8.70. The zero-order valence-electron chi connectivity index (χ0n) is 13.5.